The summed E-state index contributed by atoms with van der Waals surface area (Å²) < 4.78 is 5.32. The van der Waals surface area contributed by atoms with Crippen LogP contribution < -0.4 is 5.32 Å². The van der Waals surface area contributed by atoms with E-state index in [1.165, 1.54) is 0 Å². The predicted octanol–water partition coefficient (Wildman–Crippen LogP) is 2.72. The van der Waals surface area contributed by atoms with Gasteiger partial charge in [-0.25, -0.2) is 9.78 Å². The number of halogens is 1. The average Bonchev–Trinajstić information content (AvgIpc) is 2.47. The molecule has 1 aromatic heterocycles. The number of nitrogens with one attached hydrogen (secondary N) is 1. The van der Waals surface area contributed by atoms with Crippen molar-refractivity contribution in [3.63, 3.8) is 0 Å². The number of rotatable bonds is 4. The second kappa shape index (κ2) is 8.14. The van der Waals surface area contributed by atoms with Gasteiger partial charge < -0.3 is 15.2 Å². The number of hydrogen-bond acceptors (Lipinski definition) is 5. The first-order valence-corrected chi connectivity index (χ1v) is 8.60. The molecular weight excluding hydrogens is 330 g/mol. The molecule has 134 valence electrons. The third-order valence-corrected chi connectivity index (χ3v) is 4.11. The predicted molar refractivity (Wildman–Crippen MR) is 92.8 cm³/mol. The molecule has 1 amide bonds. The van der Waals surface area contributed by atoms with Crippen LogP contribution in [0.2, 0.25) is 5.15 Å². The molecule has 0 bridgehead atoms. The van der Waals surface area contributed by atoms with Crippen LogP contribution in [0.4, 0.5) is 4.79 Å². The minimum Gasteiger partial charge on any atom is -0.444 e. The molecule has 0 spiro atoms. The summed E-state index contributed by atoms with van der Waals surface area (Å²) in [5.41, 5.74) is 1.14. The zero-order chi connectivity index (χ0) is 17.7. The highest BCUT2D eigenvalue weighted by atomic mass is 35.5. The SMILES string of the molecule is CC(C)(C)OC(=O)N[C@@H]1CCCN(Cc2cnc(Cl)c(CO)c2)C1. The second-order valence-corrected chi connectivity index (χ2v) is 7.53. The van der Waals surface area contributed by atoms with Crippen LogP contribution in [-0.2, 0) is 17.9 Å². The van der Waals surface area contributed by atoms with Crippen molar-refractivity contribution in [3.05, 3.63) is 28.5 Å². The molecule has 1 aliphatic rings. The number of ether oxygens (including phenoxy) is 1. The number of aliphatic hydroxyl groups excluding tert-OH is 1. The molecule has 0 unspecified atom stereocenters. The first-order chi connectivity index (χ1) is 11.3. The van der Waals surface area contributed by atoms with Crippen molar-refractivity contribution >= 4 is 17.7 Å². The minimum absolute atomic E-state index is 0.0752. The molecule has 7 heteroatoms. The summed E-state index contributed by atoms with van der Waals surface area (Å²) in [6, 6.07) is 1.95. The fourth-order valence-corrected chi connectivity index (χ4v) is 2.95. The highest BCUT2D eigenvalue weighted by Gasteiger charge is 2.24. The topological polar surface area (TPSA) is 74.7 Å². The molecule has 0 saturated carbocycles. The summed E-state index contributed by atoms with van der Waals surface area (Å²) in [7, 11) is 0. The number of carbonyl (C=O) groups is 1. The fraction of sp³-hybridized carbons (Fsp3) is 0.647. The van der Waals surface area contributed by atoms with Crippen molar-refractivity contribution in [2.24, 2.45) is 0 Å². The molecule has 1 aromatic rings. The average molecular weight is 356 g/mol. The van der Waals surface area contributed by atoms with Crippen LogP contribution in [0.1, 0.15) is 44.7 Å². The number of nitrogens with zero attached hydrogens (tertiary/aromatic N) is 2. The molecule has 0 radical (unpaired) electrons. The van der Waals surface area contributed by atoms with E-state index in [4.69, 9.17) is 16.3 Å². The van der Waals surface area contributed by atoms with Gasteiger partial charge in [-0.05, 0) is 51.8 Å². The smallest absolute Gasteiger partial charge is 0.407 e. The van der Waals surface area contributed by atoms with Crippen LogP contribution in [0.25, 0.3) is 0 Å². The van der Waals surface area contributed by atoms with Crippen molar-refractivity contribution in [1.82, 2.24) is 15.2 Å². The zero-order valence-electron chi connectivity index (χ0n) is 14.5. The summed E-state index contributed by atoms with van der Waals surface area (Å²) in [6.45, 7) is 7.87. The monoisotopic (exact) mass is 355 g/mol. The van der Waals surface area contributed by atoms with E-state index in [0.29, 0.717) is 17.3 Å². The Kier molecular flexibility index (Phi) is 6.43. The summed E-state index contributed by atoms with van der Waals surface area (Å²) >= 11 is 5.93. The van der Waals surface area contributed by atoms with Gasteiger partial charge in [0.15, 0.2) is 0 Å². The highest BCUT2D eigenvalue weighted by Crippen LogP contribution is 2.18. The summed E-state index contributed by atoms with van der Waals surface area (Å²) in [4.78, 5) is 18.3. The lowest BCUT2D eigenvalue weighted by molar-refractivity contribution is 0.0470. The number of carbonyl (C=O) groups excluding carboxylic acids is 1. The molecule has 1 saturated heterocycles. The molecular formula is C17H26ClN3O3. The minimum atomic E-state index is -0.492. The molecule has 2 N–H and O–H groups in total. The van der Waals surface area contributed by atoms with E-state index in [9.17, 15) is 9.90 Å². The van der Waals surface area contributed by atoms with Crippen molar-refractivity contribution in [1.29, 1.82) is 0 Å². The molecule has 2 rings (SSSR count). The van der Waals surface area contributed by atoms with Crippen LogP contribution in [-0.4, -0.2) is 45.8 Å². The third kappa shape index (κ3) is 5.92. The highest BCUT2D eigenvalue weighted by molar-refractivity contribution is 6.30. The Morgan fingerprint density at radius 1 is 1.54 bits per heavy atom. The Morgan fingerprint density at radius 3 is 2.96 bits per heavy atom. The quantitative estimate of drug-likeness (QED) is 0.812. The van der Waals surface area contributed by atoms with Gasteiger partial charge in [0.25, 0.3) is 0 Å². The molecule has 2 heterocycles. The molecule has 1 fully saturated rings. The Hall–Kier alpha value is -1.37. The van der Waals surface area contributed by atoms with Gasteiger partial charge in [0.05, 0.1) is 6.61 Å². The molecule has 24 heavy (non-hydrogen) atoms. The number of piperidine rings is 1. The summed E-state index contributed by atoms with van der Waals surface area (Å²) in [5, 5.41) is 12.6. The van der Waals surface area contributed by atoms with Crippen LogP contribution in [0, 0.1) is 0 Å². The first-order valence-electron chi connectivity index (χ1n) is 8.23. The van der Waals surface area contributed by atoms with Gasteiger partial charge in [-0.1, -0.05) is 11.6 Å². The van der Waals surface area contributed by atoms with E-state index < -0.39 is 5.60 Å². The van der Waals surface area contributed by atoms with Crippen molar-refractivity contribution in [2.45, 2.75) is 58.4 Å². The van der Waals surface area contributed by atoms with Gasteiger partial charge in [0.1, 0.15) is 10.8 Å². The Morgan fingerprint density at radius 2 is 2.29 bits per heavy atom. The molecule has 1 atom stereocenters. The number of hydrogen-bond donors (Lipinski definition) is 2. The Balaban J connectivity index is 1.90. The van der Waals surface area contributed by atoms with Crippen molar-refractivity contribution in [3.8, 4) is 0 Å². The fourth-order valence-electron chi connectivity index (χ4n) is 2.79. The van der Waals surface area contributed by atoms with Crippen molar-refractivity contribution < 1.29 is 14.6 Å². The maximum Gasteiger partial charge on any atom is 0.407 e. The van der Waals surface area contributed by atoms with E-state index in [2.05, 4.69) is 15.2 Å². The second-order valence-electron chi connectivity index (χ2n) is 7.17. The van der Waals surface area contributed by atoms with Gasteiger partial charge in [-0.2, -0.15) is 0 Å². The molecule has 1 aliphatic heterocycles. The lowest BCUT2D eigenvalue weighted by atomic mass is 10.0. The van der Waals surface area contributed by atoms with Crippen LogP contribution in [0.3, 0.4) is 0 Å². The third-order valence-electron chi connectivity index (χ3n) is 3.77. The standard InChI is InChI=1S/C17H26ClN3O3/c1-17(2,3)24-16(23)20-14-5-4-6-21(10-14)9-12-7-13(11-22)15(18)19-8-12/h7-8,14,22H,4-6,9-11H2,1-3H3,(H,20,23)/t14-/m1/s1. The van der Waals surface area contributed by atoms with Gasteiger partial charge >= 0.3 is 6.09 Å². The maximum absolute atomic E-state index is 11.9. The van der Waals surface area contributed by atoms with Crippen molar-refractivity contribution in [2.75, 3.05) is 13.1 Å². The molecule has 0 aromatic carbocycles. The van der Waals surface area contributed by atoms with Gasteiger partial charge in [-0.3, -0.25) is 4.90 Å². The van der Waals surface area contributed by atoms with E-state index in [1.54, 1.807) is 6.20 Å². The number of aromatic nitrogens is 1. The van der Waals surface area contributed by atoms with Crippen LogP contribution in [0.15, 0.2) is 12.3 Å². The number of aliphatic hydroxyl groups is 1. The van der Waals surface area contributed by atoms with Gasteiger partial charge in [0.2, 0.25) is 0 Å². The normalized spacial score (nSPS) is 19.1. The Bertz CT molecular complexity index is 575. The summed E-state index contributed by atoms with van der Waals surface area (Å²) in [5.74, 6) is 0. The lowest BCUT2D eigenvalue weighted by Gasteiger charge is -2.33. The zero-order valence-corrected chi connectivity index (χ0v) is 15.3. The Labute approximate surface area is 148 Å². The van der Waals surface area contributed by atoms with E-state index >= 15 is 0 Å². The van der Waals surface area contributed by atoms with E-state index in [0.717, 1.165) is 31.5 Å². The van der Waals surface area contributed by atoms with Crippen LogP contribution in [0.5, 0.6) is 0 Å². The number of amides is 1. The van der Waals surface area contributed by atoms with Gasteiger partial charge in [0, 0.05) is 30.9 Å². The largest absolute Gasteiger partial charge is 0.444 e. The van der Waals surface area contributed by atoms with Crippen LogP contribution >= 0.6 is 11.6 Å². The maximum atomic E-state index is 11.9. The van der Waals surface area contributed by atoms with E-state index in [1.807, 2.05) is 26.8 Å². The van der Waals surface area contributed by atoms with Gasteiger partial charge in [-0.15, -0.1) is 0 Å². The lowest BCUT2D eigenvalue weighted by Crippen LogP contribution is -2.48. The number of alkyl carbamates (subject to hydrolysis) is 1. The first kappa shape index (κ1) is 19.0. The number of pyridine rings is 1. The summed E-state index contributed by atoms with van der Waals surface area (Å²) in [6.07, 6.45) is 3.31. The van der Waals surface area contributed by atoms with E-state index in [-0.39, 0.29) is 18.7 Å². The molecule has 6 nitrogen and oxygen atoms in total. The number of likely N-dealkylation sites (tertiary alicyclic amines) is 1. The molecule has 0 aliphatic carbocycles.